The number of nitrogens with one attached hydrogen (secondary N) is 1. The highest BCUT2D eigenvalue weighted by Gasteiger charge is 2.22. The third kappa shape index (κ3) is 7.63. The van der Waals surface area contributed by atoms with Gasteiger partial charge in [0.1, 0.15) is 15.5 Å². The first kappa shape index (κ1) is 26.4. The number of aliphatic hydroxyl groups excluding tert-OH is 1. The van der Waals surface area contributed by atoms with Crippen molar-refractivity contribution >= 4 is 27.5 Å². The van der Waals surface area contributed by atoms with Crippen molar-refractivity contribution in [2.24, 2.45) is 0 Å². The molecule has 0 fully saturated rings. The maximum Gasteiger partial charge on any atom is 0.348 e. The maximum atomic E-state index is 12.8. The van der Waals surface area contributed by atoms with Crippen LogP contribution in [0.2, 0.25) is 0 Å². The van der Waals surface area contributed by atoms with Crippen molar-refractivity contribution in [2.75, 3.05) is 33.4 Å². The molecule has 0 aliphatic rings. The number of methoxy groups -OCH3 is 1. The van der Waals surface area contributed by atoms with Gasteiger partial charge in [-0.25, -0.2) is 9.78 Å². The highest BCUT2D eigenvalue weighted by atomic mass is 32.1. The Morgan fingerprint density at radius 1 is 1.31 bits per heavy atom. The summed E-state index contributed by atoms with van der Waals surface area (Å²) in [6.07, 6.45) is -0.958. The van der Waals surface area contributed by atoms with E-state index < -0.39 is 12.1 Å². The molecule has 180 valence electrons. The molecule has 0 aliphatic heterocycles. The van der Waals surface area contributed by atoms with Gasteiger partial charge in [-0.2, -0.15) is 0 Å². The average molecular weight is 470 g/mol. The van der Waals surface area contributed by atoms with Crippen LogP contribution in [-0.4, -0.2) is 77.2 Å². The topological polar surface area (TPSA) is 114 Å². The van der Waals surface area contributed by atoms with Gasteiger partial charge in [0.25, 0.3) is 5.56 Å². The molecular formula is C22H35N3O6S. The number of ether oxygens (including phenoxy) is 3. The highest BCUT2D eigenvalue weighted by Crippen LogP contribution is 2.28. The summed E-state index contributed by atoms with van der Waals surface area (Å²) >= 11 is 1.15. The Morgan fingerprint density at radius 3 is 2.59 bits per heavy atom. The molecule has 0 bridgehead atoms. The molecule has 2 aromatic heterocycles. The Morgan fingerprint density at radius 2 is 2.00 bits per heavy atom. The van der Waals surface area contributed by atoms with Crippen LogP contribution in [0, 0.1) is 6.92 Å². The number of aromatic amines is 1. The molecule has 32 heavy (non-hydrogen) atoms. The standard InChI is InChI=1S/C22H35N3O6S/c1-13(2)31-21(28)18-14(3)17-19(27)23-16(24-20(17)32-18)11-25(8-9-29-7)10-15(26)12-30-22(4,5)6/h13,15,26H,8-12H2,1-7H3,(H,23,24,27). The van der Waals surface area contributed by atoms with Crippen molar-refractivity contribution in [1.82, 2.24) is 14.9 Å². The van der Waals surface area contributed by atoms with Crippen LogP contribution in [0.25, 0.3) is 10.2 Å². The van der Waals surface area contributed by atoms with Gasteiger partial charge in [-0.05, 0) is 47.1 Å². The third-order valence-corrected chi connectivity index (χ3v) is 5.71. The van der Waals surface area contributed by atoms with Crippen LogP contribution in [0.3, 0.4) is 0 Å². The largest absolute Gasteiger partial charge is 0.459 e. The lowest BCUT2D eigenvalue weighted by Crippen LogP contribution is -2.38. The van der Waals surface area contributed by atoms with E-state index in [4.69, 9.17) is 14.2 Å². The van der Waals surface area contributed by atoms with Gasteiger partial charge < -0.3 is 24.3 Å². The molecule has 2 N–H and O–H groups in total. The number of fused-ring (bicyclic) bond motifs is 1. The van der Waals surface area contributed by atoms with Gasteiger partial charge in [-0.1, -0.05) is 0 Å². The molecule has 9 nitrogen and oxygen atoms in total. The van der Waals surface area contributed by atoms with E-state index in [9.17, 15) is 14.7 Å². The summed E-state index contributed by atoms with van der Waals surface area (Å²) in [5.74, 6) is -0.00212. The Balaban J connectivity index is 2.23. The van der Waals surface area contributed by atoms with Crippen LogP contribution < -0.4 is 5.56 Å². The number of aryl methyl sites for hydroxylation is 1. The van der Waals surface area contributed by atoms with Crippen LogP contribution in [0.4, 0.5) is 0 Å². The lowest BCUT2D eigenvalue weighted by molar-refractivity contribution is -0.0578. The summed E-state index contributed by atoms with van der Waals surface area (Å²) in [7, 11) is 1.61. The van der Waals surface area contributed by atoms with E-state index in [1.54, 1.807) is 27.9 Å². The number of aliphatic hydroxyl groups is 1. The second kappa shape index (κ2) is 11.3. The fourth-order valence-electron chi connectivity index (χ4n) is 3.09. The van der Waals surface area contributed by atoms with E-state index in [0.29, 0.717) is 52.7 Å². The van der Waals surface area contributed by atoms with Crippen LogP contribution >= 0.6 is 11.3 Å². The number of thiophene rings is 1. The minimum absolute atomic E-state index is 0.196. The minimum atomic E-state index is -0.706. The maximum absolute atomic E-state index is 12.8. The zero-order valence-electron chi connectivity index (χ0n) is 20.0. The summed E-state index contributed by atoms with van der Waals surface area (Å²) in [6, 6.07) is 0. The normalized spacial score (nSPS) is 13.3. The lowest BCUT2D eigenvalue weighted by atomic mass is 10.2. The Labute approximate surface area is 192 Å². The highest BCUT2D eigenvalue weighted by molar-refractivity contribution is 7.20. The summed E-state index contributed by atoms with van der Waals surface area (Å²) in [5, 5.41) is 10.8. The van der Waals surface area contributed by atoms with Gasteiger partial charge >= 0.3 is 5.97 Å². The smallest absolute Gasteiger partial charge is 0.348 e. The lowest BCUT2D eigenvalue weighted by Gasteiger charge is -2.27. The van der Waals surface area contributed by atoms with Crippen molar-refractivity contribution in [1.29, 1.82) is 0 Å². The Bertz CT molecular complexity index is 963. The minimum Gasteiger partial charge on any atom is -0.459 e. The molecule has 0 saturated heterocycles. The zero-order valence-corrected chi connectivity index (χ0v) is 20.8. The van der Waals surface area contributed by atoms with Crippen LogP contribution in [0.15, 0.2) is 4.79 Å². The number of hydrogen-bond acceptors (Lipinski definition) is 9. The molecule has 1 unspecified atom stereocenters. The number of aromatic nitrogens is 2. The Hall–Kier alpha value is -1.85. The average Bonchev–Trinajstić information content (AvgIpc) is 3.00. The van der Waals surface area contributed by atoms with Gasteiger partial charge in [0.15, 0.2) is 0 Å². The number of rotatable bonds is 11. The first-order valence-corrected chi connectivity index (χ1v) is 11.5. The first-order valence-electron chi connectivity index (χ1n) is 10.7. The molecule has 1 atom stereocenters. The summed E-state index contributed by atoms with van der Waals surface area (Å²) < 4.78 is 16.1. The van der Waals surface area contributed by atoms with E-state index in [0.717, 1.165) is 11.3 Å². The van der Waals surface area contributed by atoms with Gasteiger partial charge in [-0.15, -0.1) is 11.3 Å². The molecule has 2 heterocycles. The van der Waals surface area contributed by atoms with Gasteiger partial charge in [-0.3, -0.25) is 9.69 Å². The van der Waals surface area contributed by atoms with E-state index in [2.05, 4.69) is 9.97 Å². The molecule has 0 aliphatic carbocycles. The SMILES string of the molecule is COCCN(Cc1nc2sc(C(=O)OC(C)C)c(C)c2c(=O)[nH]1)CC(O)COC(C)(C)C. The summed E-state index contributed by atoms with van der Waals surface area (Å²) in [4.78, 5) is 35.3. The zero-order chi connectivity index (χ0) is 24.1. The Kier molecular flexibility index (Phi) is 9.35. The second-order valence-electron chi connectivity index (χ2n) is 9.01. The van der Waals surface area contributed by atoms with Crippen molar-refractivity contribution in [2.45, 2.75) is 65.9 Å². The van der Waals surface area contributed by atoms with Gasteiger partial charge in [0, 0.05) is 20.2 Å². The van der Waals surface area contributed by atoms with Crippen LogP contribution in [-0.2, 0) is 20.8 Å². The number of esters is 1. The van der Waals surface area contributed by atoms with E-state index in [1.807, 2.05) is 25.7 Å². The third-order valence-electron chi connectivity index (χ3n) is 4.54. The van der Waals surface area contributed by atoms with E-state index in [1.165, 1.54) is 0 Å². The number of hydrogen-bond donors (Lipinski definition) is 2. The fraction of sp³-hybridized carbons (Fsp3) is 0.682. The monoisotopic (exact) mass is 469 g/mol. The molecular weight excluding hydrogens is 434 g/mol. The van der Waals surface area contributed by atoms with E-state index in [-0.39, 0.29) is 23.9 Å². The van der Waals surface area contributed by atoms with Crippen molar-refractivity contribution in [3.8, 4) is 0 Å². The predicted octanol–water partition coefficient (Wildman–Crippen LogP) is 2.48. The molecule has 0 aromatic carbocycles. The molecule has 10 heteroatoms. The first-order chi connectivity index (χ1) is 14.9. The number of carbonyl (C=O) groups excluding carboxylic acids is 1. The van der Waals surface area contributed by atoms with Crippen molar-refractivity contribution in [3.05, 3.63) is 26.6 Å². The van der Waals surface area contributed by atoms with Crippen molar-refractivity contribution < 1.29 is 24.1 Å². The molecule has 0 spiro atoms. The number of carbonyl (C=O) groups is 1. The molecule has 2 rings (SSSR count). The van der Waals surface area contributed by atoms with Crippen molar-refractivity contribution in [3.63, 3.8) is 0 Å². The summed E-state index contributed by atoms with van der Waals surface area (Å²) in [6.45, 7) is 12.9. The number of H-pyrrole nitrogens is 1. The quantitative estimate of drug-likeness (QED) is 0.483. The van der Waals surface area contributed by atoms with Crippen LogP contribution in [0.5, 0.6) is 0 Å². The molecule has 2 aromatic rings. The van der Waals surface area contributed by atoms with E-state index >= 15 is 0 Å². The molecule has 0 radical (unpaired) electrons. The molecule has 0 saturated carbocycles. The molecule has 0 amide bonds. The van der Waals surface area contributed by atoms with Gasteiger partial charge in [0.05, 0.1) is 43.0 Å². The predicted molar refractivity (Wildman–Crippen MR) is 124 cm³/mol. The van der Waals surface area contributed by atoms with Crippen LogP contribution in [0.1, 0.15) is 55.7 Å². The van der Waals surface area contributed by atoms with Gasteiger partial charge in [0.2, 0.25) is 0 Å². The number of nitrogens with zero attached hydrogens (tertiary/aromatic N) is 2. The summed E-state index contributed by atoms with van der Waals surface area (Å²) in [5.41, 5.74) is -0.0747. The second-order valence-corrected chi connectivity index (χ2v) is 10.0. The fourth-order valence-corrected chi connectivity index (χ4v) is 4.17.